The zero-order chi connectivity index (χ0) is 14.0. The minimum atomic E-state index is -1.03. The Morgan fingerprint density at radius 1 is 1.37 bits per heavy atom. The fourth-order valence-electron chi connectivity index (χ4n) is 1.80. The molecule has 2 aromatic rings. The van der Waals surface area contributed by atoms with Gasteiger partial charge in [0.2, 0.25) is 0 Å². The molecule has 0 aliphatic carbocycles. The third-order valence-corrected chi connectivity index (χ3v) is 2.81. The highest BCUT2D eigenvalue weighted by atomic mass is 16.4. The third kappa shape index (κ3) is 2.54. The van der Waals surface area contributed by atoms with Crippen LogP contribution in [0.4, 0.5) is 0 Å². The first-order valence-corrected chi connectivity index (χ1v) is 5.85. The Bertz CT molecular complexity index is 635. The molecule has 0 saturated heterocycles. The monoisotopic (exact) mass is 262 g/mol. The van der Waals surface area contributed by atoms with Crippen LogP contribution >= 0.6 is 0 Å². The van der Waals surface area contributed by atoms with Crippen molar-refractivity contribution in [3.8, 4) is 0 Å². The first-order chi connectivity index (χ1) is 9.02. The molecule has 0 unspecified atom stereocenters. The van der Waals surface area contributed by atoms with Crippen LogP contribution in [0.1, 0.15) is 23.1 Å². The molecule has 2 rings (SSSR count). The summed E-state index contributed by atoms with van der Waals surface area (Å²) in [5, 5.41) is 16.6. The molecular formula is C12H14N4O3. The number of hydrogen-bond acceptors (Lipinski definition) is 4. The van der Waals surface area contributed by atoms with Gasteiger partial charge >= 0.3 is 5.97 Å². The minimum Gasteiger partial charge on any atom is -0.480 e. The smallest absolute Gasteiger partial charge is 0.323 e. The van der Waals surface area contributed by atoms with E-state index >= 15 is 0 Å². The van der Waals surface area contributed by atoms with E-state index in [1.165, 1.54) is 4.90 Å². The van der Waals surface area contributed by atoms with E-state index in [9.17, 15) is 9.59 Å². The lowest BCUT2D eigenvalue weighted by Gasteiger charge is -2.18. The van der Waals surface area contributed by atoms with E-state index in [2.05, 4.69) is 10.2 Å². The number of aryl methyl sites for hydroxylation is 1. The topological polar surface area (TPSA) is 87.8 Å². The average molecular weight is 262 g/mol. The van der Waals surface area contributed by atoms with Gasteiger partial charge in [0.1, 0.15) is 12.4 Å². The van der Waals surface area contributed by atoms with Crippen LogP contribution in [0.2, 0.25) is 0 Å². The molecule has 2 heterocycles. The van der Waals surface area contributed by atoms with Crippen molar-refractivity contribution in [1.82, 2.24) is 19.5 Å². The van der Waals surface area contributed by atoms with Crippen LogP contribution in [0.25, 0.3) is 5.65 Å². The highest BCUT2D eigenvalue weighted by Gasteiger charge is 2.17. The van der Waals surface area contributed by atoms with Crippen molar-refractivity contribution >= 4 is 17.5 Å². The fraction of sp³-hybridized carbons (Fsp3) is 0.333. The molecule has 19 heavy (non-hydrogen) atoms. The molecule has 0 fully saturated rings. The molecule has 0 bridgehead atoms. The Labute approximate surface area is 109 Å². The summed E-state index contributed by atoms with van der Waals surface area (Å²) in [6.45, 7) is 3.55. The summed E-state index contributed by atoms with van der Waals surface area (Å²) in [6, 6.07) is 3.30. The Morgan fingerprint density at radius 3 is 2.74 bits per heavy atom. The van der Waals surface area contributed by atoms with Gasteiger partial charge in [-0.05, 0) is 26.0 Å². The van der Waals surface area contributed by atoms with Crippen molar-refractivity contribution in [3.63, 3.8) is 0 Å². The van der Waals surface area contributed by atoms with Crippen LogP contribution in [0, 0.1) is 6.92 Å². The second-order valence-corrected chi connectivity index (χ2v) is 4.11. The van der Waals surface area contributed by atoms with Crippen LogP contribution in [-0.4, -0.2) is 49.6 Å². The van der Waals surface area contributed by atoms with Gasteiger partial charge in [-0.3, -0.25) is 14.0 Å². The molecule has 0 atom stereocenters. The van der Waals surface area contributed by atoms with Crippen molar-refractivity contribution in [1.29, 1.82) is 0 Å². The van der Waals surface area contributed by atoms with Gasteiger partial charge in [-0.15, -0.1) is 10.2 Å². The first kappa shape index (κ1) is 13.0. The molecular weight excluding hydrogens is 248 g/mol. The van der Waals surface area contributed by atoms with E-state index in [0.717, 1.165) is 0 Å². The van der Waals surface area contributed by atoms with Crippen molar-refractivity contribution in [2.24, 2.45) is 0 Å². The molecule has 0 saturated carbocycles. The van der Waals surface area contributed by atoms with Gasteiger partial charge < -0.3 is 10.0 Å². The van der Waals surface area contributed by atoms with E-state index in [-0.39, 0.29) is 12.5 Å². The first-order valence-electron chi connectivity index (χ1n) is 5.85. The maximum absolute atomic E-state index is 12.2. The Hall–Kier alpha value is -2.44. The Balaban J connectivity index is 2.34. The summed E-state index contributed by atoms with van der Waals surface area (Å²) < 4.78 is 1.70. The number of carbonyl (C=O) groups is 2. The van der Waals surface area contributed by atoms with Gasteiger partial charge in [0, 0.05) is 12.7 Å². The van der Waals surface area contributed by atoms with Gasteiger partial charge in [-0.1, -0.05) is 0 Å². The molecule has 0 radical (unpaired) electrons. The lowest BCUT2D eigenvalue weighted by Crippen LogP contribution is -2.35. The van der Waals surface area contributed by atoms with E-state index in [0.29, 0.717) is 23.6 Å². The number of carboxylic acids is 1. The van der Waals surface area contributed by atoms with Gasteiger partial charge in [-0.2, -0.15) is 0 Å². The molecule has 1 amide bonds. The van der Waals surface area contributed by atoms with Crippen LogP contribution < -0.4 is 0 Å². The predicted molar refractivity (Wildman–Crippen MR) is 66.9 cm³/mol. The number of rotatable bonds is 4. The van der Waals surface area contributed by atoms with Crippen molar-refractivity contribution in [2.45, 2.75) is 13.8 Å². The zero-order valence-corrected chi connectivity index (χ0v) is 10.7. The molecule has 7 nitrogen and oxygen atoms in total. The molecule has 0 aromatic carbocycles. The summed E-state index contributed by atoms with van der Waals surface area (Å²) >= 11 is 0. The number of amides is 1. The van der Waals surface area contributed by atoms with Crippen LogP contribution in [-0.2, 0) is 4.79 Å². The lowest BCUT2D eigenvalue weighted by atomic mass is 10.2. The molecule has 0 aliphatic heterocycles. The number of fused-ring (bicyclic) bond motifs is 1. The number of pyridine rings is 1. The molecule has 0 spiro atoms. The second-order valence-electron chi connectivity index (χ2n) is 4.11. The Morgan fingerprint density at radius 2 is 2.11 bits per heavy atom. The highest BCUT2D eigenvalue weighted by molar-refractivity contribution is 5.95. The maximum Gasteiger partial charge on any atom is 0.323 e. The second kappa shape index (κ2) is 5.05. The van der Waals surface area contributed by atoms with Crippen molar-refractivity contribution in [3.05, 3.63) is 29.7 Å². The van der Waals surface area contributed by atoms with Gasteiger partial charge in [0.15, 0.2) is 5.65 Å². The van der Waals surface area contributed by atoms with E-state index in [1.54, 1.807) is 36.6 Å². The highest BCUT2D eigenvalue weighted by Crippen LogP contribution is 2.09. The molecule has 7 heteroatoms. The fourth-order valence-corrected chi connectivity index (χ4v) is 1.80. The molecule has 1 N–H and O–H groups in total. The number of carbonyl (C=O) groups excluding carboxylic acids is 1. The number of hydrogen-bond donors (Lipinski definition) is 1. The average Bonchev–Trinajstić information content (AvgIpc) is 2.76. The van der Waals surface area contributed by atoms with Gasteiger partial charge in [0.05, 0.1) is 5.56 Å². The minimum absolute atomic E-state index is 0.311. The van der Waals surface area contributed by atoms with Crippen LogP contribution in [0.3, 0.4) is 0 Å². The number of nitrogens with zero attached hydrogens (tertiary/aromatic N) is 4. The predicted octanol–water partition coefficient (Wildman–Crippen LogP) is 0.584. The lowest BCUT2D eigenvalue weighted by molar-refractivity contribution is -0.137. The number of aromatic nitrogens is 3. The molecule has 0 aliphatic rings. The van der Waals surface area contributed by atoms with Crippen molar-refractivity contribution < 1.29 is 14.7 Å². The van der Waals surface area contributed by atoms with Crippen molar-refractivity contribution in [2.75, 3.05) is 13.1 Å². The van der Waals surface area contributed by atoms with E-state index in [4.69, 9.17) is 5.11 Å². The largest absolute Gasteiger partial charge is 0.480 e. The molecule has 2 aromatic heterocycles. The Kier molecular flexibility index (Phi) is 3.46. The summed E-state index contributed by atoms with van der Waals surface area (Å²) in [5.74, 6) is -0.678. The third-order valence-electron chi connectivity index (χ3n) is 2.81. The van der Waals surface area contributed by atoms with Crippen LogP contribution in [0.15, 0.2) is 18.3 Å². The van der Waals surface area contributed by atoms with E-state index < -0.39 is 5.97 Å². The van der Waals surface area contributed by atoms with Crippen LogP contribution in [0.5, 0.6) is 0 Å². The summed E-state index contributed by atoms with van der Waals surface area (Å²) in [4.78, 5) is 24.2. The zero-order valence-electron chi connectivity index (χ0n) is 10.7. The number of likely N-dealkylation sites (N-methyl/N-ethyl adjacent to an activating group) is 1. The summed E-state index contributed by atoms with van der Waals surface area (Å²) in [5.41, 5.74) is 1.06. The van der Waals surface area contributed by atoms with Gasteiger partial charge in [0.25, 0.3) is 5.91 Å². The normalized spacial score (nSPS) is 10.6. The number of carboxylic acid groups (broad SMARTS) is 1. The standard InChI is InChI=1S/C12H14N4O3/c1-3-15(7-11(17)18)12(19)9-4-5-10-14-13-8(2)16(10)6-9/h4-6H,3,7H2,1-2H3,(H,17,18). The van der Waals surface area contributed by atoms with E-state index in [1.807, 2.05) is 0 Å². The quantitative estimate of drug-likeness (QED) is 0.871. The molecule has 100 valence electrons. The van der Waals surface area contributed by atoms with Gasteiger partial charge in [-0.25, -0.2) is 0 Å². The SMILES string of the molecule is CCN(CC(=O)O)C(=O)c1ccc2nnc(C)n2c1. The number of aliphatic carboxylic acids is 1. The summed E-state index contributed by atoms with van der Waals surface area (Å²) in [7, 11) is 0. The maximum atomic E-state index is 12.2. The summed E-state index contributed by atoms with van der Waals surface area (Å²) in [6.07, 6.45) is 1.62.